The van der Waals surface area contributed by atoms with Crippen LogP contribution in [0.1, 0.15) is 57.4 Å². The van der Waals surface area contributed by atoms with E-state index in [2.05, 4.69) is 21.5 Å². The lowest BCUT2D eigenvalue weighted by Gasteiger charge is -2.09. The quantitative estimate of drug-likeness (QED) is 0.730. The van der Waals surface area contributed by atoms with Crippen LogP contribution in [0.5, 0.6) is 0 Å². The number of pyridine rings is 1. The van der Waals surface area contributed by atoms with Gasteiger partial charge in [0.05, 0.1) is 17.8 Å². The smallest absolute Gasteiger partial charge is 0.251 e. The third kappa shape index (κ3) is 3.65. The van der Waals surface area contributed by atoms with Gasteiger partial charge in [0, 0.05) is 28.8 Å². The summed E-state index contributed by atoms with van der Waals surface area (Å²) in [4.78, 5) is 17.1. The van der Waals surface area contributed by atoms with E-state index in [1.54, 1.807) is 18.2 Å². The Morgan fingerprint density at radius 3 is 2.86 bits per heavy atom. The summed E-state index contributed by atoms with van der Waals surface area (Å²) >= 11 is 0. The van der Waals surface area contributed by atoms with Gasteiger partial charge in [0.2, 0.25) is 0 Å². The van der Waals surface area contributed by atoms with Gasteiger partial charge in [-0.15, -0.1) is 0 Å². The zero-order chi connectivity index (χ0) is 19.7. The summed E-state index contributed by atoms with van der Waals surface area (Å²) in [6.45, 7) is 4.09. The molecule has 0 spiro atoms. The standard InChI is InChI=1S/C22H20N4O2/c1-13-8-14(2)25-21(19(13)11-23)16-4-3-5-17(9-16)22(27)24-12-18-10-20(28-26-18)15-6-7-15/h3-5,8-10,15H,6-7,12H2,1-2H3,(H,24,27). The molecule has 1 N–H and O–H groups in total. The van der Waals surface area contributed by atoms with Crippen molar-refractivity contribution in [2.75, 3.05) is 0 Å². The highest BCUT2D eigenvalue weighted by Crippen LogP contribution is 2.40. The van der Waals surface area contributed by atoms with Crippen LogP contribution in [0, 0.1) is 25.2 Å². The number of amides is 1. The maximum atomic E-state index is 12.6. The fourth-order valence-electron chi connectivity index (χ4n) is 3.24. The normalized spacial score (nSPS) is 13.2. The van der Waals surface area contributed by atoms with Crippen molar-refractivity contribution >= 4 is 5.91 Å². The van der Waals surface area contributed by atoms with Crippen molar-refractivity contribution in [1.82, 2.24) is 15.5 Å². The van der Waals surface area contributed by atoms with Crippen LogP contribution in [0.2, 0.25) is 0 Å². The van der Waals surface area contributed by atoms with Gasteiger partial charge in [-0.2, -0.15) is 5.26 Å². The first kappa shape index (κ1) is 17.9. The molecule has 1 aliphatic carbocycles. The van der Waals surface area contributed by atoms with Crippen molar-refractivity contribution < 1.29 is 9.32 Å². The summed E-state index contributed by atoms with van der Waals surface area (Å²) in [5.41, 5.74) is 4.80. The molecule has 4 rings (SSSR count). The van der Waals surface area contributed by atoms with Crippen molar-refractivity contribution in [2.24, 2.45) is 0 Å². The van der Waals surface area contributed by atoms with Gasteiger partial charge >= 0.3 is 0 Å². The molecule has 2 heterocycles. The number of benzene rings is 1. The summed E-state index contributed by atoms with van der Waals surface area (Å²) in [7, 11) is 0. The Morgan fingerprint density at radius 1 is 1.29 bits per heavy atom. The number of hydrogen-bond donors (Lipinski definition) is 1. The maximum absolute atomic E-state index is 12.6. The fraction of sp³-hybridized carbons (Fsp3) is 0.273. The highest BCUT2D eigenvalue weighted by Gasteiger charge is 2.27. The Labute approximate surface area is 163 Å². The third-order valence-electron chi connectivity index (χ3n) is 4.84. The molecule has 140 valence electrons. The van der Waals surface area contributed by atoms with E-state index in [-0.39, 0.29) is 5.91 Å². The summed E-state index contributed by atoms with van der Waals surface area (Å²) in [6, 6.07) is 13.2. The van der Waals surface area contributed by atoms with Crippen LogP contribution < -0.4 is 5.32 Å². The molecular weight excluding hydrogens is 352 g/mol. The number of nitrogens with zero attached hydrogens (tertiary/aromatic N) is 3. The van der Waals surface area contributed by atoms with E-state index in [1.165, 1.54) is 0 Å². The predicted molar refractivity (Wildman–Crippen MR) is 104 cm³/mol. The van der Waals surface area contributed by atoms with E-state index < -0.39 is 0 Å². The Hall–Kier alpha value is -3.46. The van der Waals surface area contributed by atoms with E-state index in [1.807, 2.05) is 32.0 Å². The van der Waals surface area contributed by atoms with Crippen LogP contribution in [-0.2, 0) is 6.54 Å². The molecule has 1 amide bonds. The third-order valence-corrected chi connectivity index (χ3v) is 4.84. The number of aryl methyl sites for hydroxylation is 2. The molecule has 1 fully saturated rings. The second kappa shape index (κ2) is 7.28. The van der Waals surface area contributed by atoms with E-state index in [0.717, 1.165) is 35.4 Å². The molecule has 0 aliphatic heterocycles. The second-order valence-corrected chi connectivity index (χ2v) is 7.17. The molecule has 2 aromatic heterocycles. The van der Waals surface area contributed by atoms with Crippen molar-refractivity contribution in [2.45, 2.75) is 39.2 Å². The summed E-state index contributed by atoms with van der Waals surface area (Å²) in [6.07, 6.45) is 2.29. The average Bonchev–Trinajstić information content (AvgIpc) is 3.44. The number of nitriles is 1. The monoisotopic (exact) mass is 372 g/mol. The van der Waals surface area contributed by atoms with Crippen LogP contribution in [0.4, 0.5) is 0 Å². The maximum Gasteiger partial charge on any atom is 0.251 e. The lowest BCUT2D eigenvalue weighted by atomic mass is 10.00. The van der Waals surface area contributed by atoms with Crippen LogP contribution in [0.15, 0.2) is 40.9 Å². The van der Waals surface area contributed by atoms with E-state index in [4.69, 9.17) is 4.52 Å². The van der Waals surface area contributed by atoms with E-state index in [9.17, 15) is 10.1 Å². The average molecular weight is 372 g/mol. The summed E-state index contributed by atoms with van der Waals surface area (Å²) < 4.78 is 5.31. The fourth-order valence-corrected chi connectivity index (χ4v) is 3.24. The molecule has 0 unspecified atom stereocenters. The minimum atomic E-state index is -0.208. The number of rotatable bonds is 5. The van der Waals surface area contributed by atoms with Gasteiger partial charge in [0.15, 0.2) is 0 Å². The van der Waals surface area contributed by atoms with Crippen LogP contribution in [0.3, 0.4) is 0 Å². The largest absolute Gasteiger partial charge is 0.361 e. The molecule has 1 aliphatic rings. The molecule has 6 nitrogen and oxygen atoms in total. The zero-order valence-electron chi connectivity index (χ0n) is 15.8. The Bertz CT molecular complexity index is 1090. The van der Waals surface area contributed by atoms with Crippen LogP contribution >= 0.6 is 0 Å². The highest BCUT2D eigenvalue weighted by molar-refractivity contribution is 5.95. The second-order valence-electron chi connectivity index (χ2n) is 7.17. The zero-order valence-corrected chi connectivity index (χ0v) is 15.8. The van der Waals surface area contributed by atoms with Gasteiger partial charge in [-0.1, -0.05) is 17.3 Å². The molecule has 28 heavy (non-hydrogen) atoms. The lowest BCUT2D eigenvalue weighted by Crippen LogP contribution is -2.22. The first-order valence-electron chi connectivity index (χ1n) is 9.27. The van der Waals surface area contributed by atoms with Crippen molar-refractivity contribution in [3.05, 3.63) is 70.2 Å². The number of carbonyl (C=O) groups excluding carboxylic acids is 1. The predicted octanol–water partition coefficient (Wildman–Crippen LogP) is 4.03. The Kier molecular flexibility index (Phi) is 4.66. The first-order valence-corrected chi connectivity index (χ1v) is 9.27. The van der Waals surface area contributed by atoms with Crippen molar-refractivity contribution in [1.29, 1.82) is 5.26 Å². The molecule has 3 aromatic rings. The van der Waals surface area contributed by atoms with Crippen LogP contribution in [-0.4, -0.2) is 16.0 Å². The molecule has 0 saturated heterocycles. The Morgan fingerprint density at radius 2 is 2.11 bits per heavy atom. The highest BCUT2D eigenvalue weighted by atomic mass is 16.5. The van der Waals surface area contributed by atoms with Gasteiger partial charge in [-0.05, 0) is 50.5 Å². The van der Waals surface area contributed by atoms with Crippen molar-refractivity contribution in [3.63, 3.8) is 0 Å². The van der Waals surface area contributed by atoms with Gasteiger partial charge in [0.1, 0.15) is 17.5 Å². The molecule has 1 aromatic carbocycles. The van der Waals surface area contributed by atoms with Crippen LogP contribution in [0.25, 0.3) is 11.3 Å². The van der Waals surface area contributed by atoms with Gasteiger partial charge < -0.3 is 9.84 Å². The first-order chi connectivity index (χ1) is 13.5. The minimum Gasteiger partial charge on any atom is -0.361 e. The van der Waals surface area contributed by atoms with Gasteiger partial charge in [-0.25, -0.2) is 0 Å². The molecule has 0 radical (unpaired) electrons. The van der Waals surface area contributed by atoms with E-state index >= 15 is 0 Å². The molecular formula is C22H20N4O2. The topological polar surface area (TPSA) is 91.8 Å². The summed E-state index contributed by atoms with van der Waals surface area (Å²) in [5, 5.41) is 16.4. The van der Waals surface area contributed by atoms with Crippen molar-refractivity contribution in [3.8, 4) is 17.3 Å². The number of carbonyl (C=O) groups is 1. The SMILES string of the molecule is Cc1cc(C)c(C#N)c(-c2cccc(C(=O)NCc3cc(C4CC4)on3)c2)n1. The number of hydrogen-bond acceptors (Lipinski definition) is 5. The lowest BCUT2D eigenvalue weighted by molar-refractivity contribution is 0.0950. The summed E-state index contributed by atoms with van der Waals surface area (Å²) in [5.74, 6) is 1.19. The minimum absolute atomic E-state index is 0.208. The van der Waals surface area contributed by atoms with E-state index in [0.29, 0.717) is 35.0 Å². The molecule has 1 saturated carbocycles. The number of nitrogens with one attached hydrogen (secondary N) is 1. The molecule has 6 heteroatoms. The van der Waals surface area contributed by atoms with Gasteiger partial charge in [-0.3, -0.25) is 9.78 Å². The molecule has 0 atom stereocenters. The Balaban J connectivity index is 1.53. The van der Waals surface area contributed by atoms with Gasteiger partial charge in [0.25, 0.3) is 5.91 Å². The number of aromatic nitrogens is 2. The molecule has 0 bridgehead atoms.